The largest absolute Gasteiger partial charge is 0.490 e. The fourth-order valence-corrected chi connectivity index (χ4v) is 4.23. The number of benzene rings is 3. The standard InChI is InChI=1S/C26H28BrCl2NO2/c1-3-31-25-13-21(16-30-18(2)9-10-19-7-5-4-6-8-19)23(27)15-26(25)32-17-20-11-12-22(28)14-24(20)29/h4-8,11-15,18,30H,3,9-10,16-17H2,1-2H3. The van der Waals surface area contributed by atoms with Crippen LogP contribution in [0.1, 0.15) is 37.0 Å². The highest BCUT2D eigenvalue weighted by Crippen LogP contribution is 2.35. The summed E-state index contributed by atoms with van der Waals surface area (Å²) in [6.45, 7) is 5.80. The number of hydrogen-bond donors (Lipinski definition) is 1. The van der Waals surface area contributed by atoms with Crippen molar-refractivity contribution in [2.24, 2.45) is 0 Å². The summed E-state index contributed by atoms with van der Waals surface area (Å²) in [4.78, 5) is 0. The molecular formula is C26H28BrCl2NO2. The Kier molecular flexibility index (Phi) is 9.73. The molecule has 1 N–H and O–H groups in total. The Morgan fingerprint density at radius 2 is 1.69 bits per heavy atom. The number of nitrogens with one attached hydrogen (secondary N) is 1. The zero-order valence-corrected chi connectivity index (χ0v) is 21.4. The van der Waals surface area contributed by atoms with Crippen molar-refractivity contribution in [2.75, 3.05) is 6.61 Å². The van der Waals surface area contributed by atoms with Crippen LogP contribution in [0.4, 0.5) is 0 Å². The van der Waals surface area contributed by atoms with E-state index in [0.717, 1.165) is 40.7 Å². The van der Waals surface area contributed by atoms with E-state index >= 15 is 0 Å². The molecule has 0 aliphatic heterocycles. The van der Waals surface area contributed by atoms with Crippen molar-refractivity contribution < 1.29 is 9.47 Å². The zero-order chi connectivity index (χ0) is 22.9. The summed E-state index contributed by atoms with van der Waals surface area (Å²) in [5.74, 6) is 1.39. The molecule has 6 heteroatoms. The number of halogens is 3. The molecule has 0 aromatic heterocycles. The van der Waals surface area contributed by atoms with E-state index in [1.54, 1.807) is 12.1 Å². The van der Waals surface area contributed by atoms with Gasteiger partial charge < -0.3 is 14.8 Å². The summed E-state index contributed by atoms with van der Waals surface area (Å²) >= 11 is 15.9. The van der Waals surface area contributed by atoms with Crippen LogP contribution in [0.2, 0.25) is 10.0 Å². The van der Waals surface area contributed by atoms with Gasteiger partial charge in [0.05, 0.1) is 6.61 Å². The Morgan fingerprint density at radius 1 is 0.938 bits per heavy atom. The van der Waals surface area contributed by atoms with Crippen LogP contribution in [0.15, 0.2) is 65.1 Å². The maximum Gasteiger partial charge on any atom is 0.162 e. The lowest BCUT2D eigenvalue weighted by Crippen LogP contribution is -2.26. The molecule has 3 nitrogen and oxygen atoms in total. The fraction of sp³-hybridized carbons (Fsp3) is 0.308. The SMILES string of the molecule is CCOc1cc(CNC(C)CCc2ccccc2)c(Br)cc1OCc1ccc(Cl)cc1Cl. The molecule has 170 valence electrons. The molecule has 0 aliphatic carbocycles. The lowest BCUT2D eigenvalue weighted by atomic mass is 10.1. The summed E-state index contributed by atoms with van der Waals surface area (Å²) in [5, 5.41) is 4.80. The molecule has 0 aliphatic rings. The van der Waals surface area contributed by atoms with E-state index in [1.807, 2.05) is 25.1 Å². The van der Waals surface area contributed by atoms with Gasteiger partial charge in [-0.3, -0.25) is 0 Å². The van der Waals surface area contributed by atoms with Gasteiger partial charge in [0, 0.05) is 32.7 Å². The highest BCUT2D eigenvalue weighted by molar-refractivity contribution is 9.10. The molecule has 3 aromatic carbocycles. The lowest BCUT2D eigenvalue weighted by Gasteiger charge is -2.18. The van der Waals surface area contributed by atoms with Crippen LogP contribution in [0.3, 0.4) is 0 Å². The molecular weight excluding hydrogens is 509 g/mol. The second kappa shape index (κ2) is 12.5. The topological polar surface area (TPSA) is 30.5 Å². The highest BCUT2D eigenvalue weighted by Gasteiger charge is 2.13. The maximum absolute atomic E-state index is 6.28. The summed E-state index contributed by atoms with van der Waals surface area (Å²) in [7, 11) is 0. The van der Waals surface area contributed by atoms with Crippen molar-refractivity contribution in [3.63, 3.8) is 0 Å². The van der Waals surface area contributed by atoms with E-state index in [0.29, 0.717) is 35.1 Å². The number of ether oxygens (including phenoxy) is 2. The summed E-state index contributed by atoms with van der Waals surface area (Å²) in [6.07, 6.45) is 2.13. The van der Waals surface area contributed by atoms with E-state index in [9.17, 15) is 0 Å². The highest BCUT2D eigenvalue weighted by atomic mass is 79.9. The predicted octanol–water partition coefficient (Wildman–Crippen LogP) is 7.84. The molecule has 1 unspecified atom stereocenters. The van der Waals surface area contributed by atoms with Gasteiger partial charge in [0.25, 0.3) is 0 Å². The molecule has 0 saturated heterocycles. The predicted molar refractivity (Wildman–Crippen MR) is 137 cm³/mol. The first-order valence-corrected chi connectivity index (χ1v) is 12.3. The van der Waals surface area contributed by atoms with Crippen LogP contribution in [-0.2, 0) is 19.6 Å². The van der Waals surface area contributed by atoms with Gasteiger partial charge in [0.2, 0.25) is 0 Å². The molecule has 0 bridgehead atoms. The van der Waals surface area contributed by atoms with Crippen LogP contribution in [0.25, 0.3) is 0 Å². The molecule has 32 heavy (non-hydrogen) atoms. The van der Waals surface area contributed by atoms with Gasteiger partial charge in [0.15, 0.2) is 11.5 Å². The smallest absolute Gasteiger partial charge is 0.162 e. The van der Waals surface area contributed by atoms with Gasteiger partial charge in [-0.05, 0) is 62.1 Å². The molecule has 0 amide bonds. The van der Waals surface area contributed by atoms with E-state index in [4.69, 9.17) is 32.7 Å². The van der Waals surface area contributed by atoms with E-state index < -0.39 is 0 Å². The zero-order valence-electron chi connectivity index (χ0n) is 18.3. The molecule has 3 aromatic rings. The minimum atomic E-state index is 0.330. The Morgan fingerprint density at radius 3 is 2.41 bits per heavy atom. The number of hydrogen-bond acceptors (Lipinski definition) is 3. The van der Waals surface area contributed by atoms with E-state index in [1.165, 1.54) is 5.56 Å². The Balaban J connectivity index is 1.62. The third kappa shape index (κ3) is 7.41. The monoisotopic (exact) mass is 535 g/mol. The van der Waals surface area contributed by atoms with Gasteiger partial charge in [-0.2, -0.15) is 0 Å². The number of rotatable bonds is 11. The lowest BCUT2D eigenvalue weighted by molar-refractivity contribution is 0.269. The third-order valence-corrected chi connectivity index (χ3v) is 6.49. The van der Waals surface area contributed by atoms with Crippen molar-refractivity contribution in [1.82, 2.24) is 5.32 Å². The van der Waals surface area contributed by atoms with Gasteiger partial charge in [-0.1, -0.05) is 75.5 Å². The molecule has 0 spiro atoms. The Bertz CT molecular complexity index is 1010. The van der Waals surface area contributed by atoms with Crippen molar-refractivity contribution in [2.45, 2.75) is 45.9 Å². The normalized spacial score (nSPS) is 11.9. The van der Waals surface area contributed by atoms with Gasteiger partial charge >= 0.3 is 0 Å². The van der Waals surface area contributed by atoms with Crippen LogP contribution in [-0.4, -0.2) is 12.6 Å². The Labute approximate surface area is 209 Å². The first-order chi connectivity index (χ1) is 15.5. The minimum absolute atomic E-state index is 0.330. The van der Waals surface area contributed by atoms with Gasteiger partial charge in [-0.15, -0.1) is 0 Å². The van der Waals surface area contributed by atoms with Crippen molar-refractivity contribution in [3.8, 4) is 11.5 Å². The van der Waals surface area contributed by atoms with E-state index in [2.05, 4.69) is 58.5 Å². The second-order valence-corrected chi connectivity index (χ2v) is 9.35. The minimum Gasteiger partial charge on any atom is -0.490 e. The molecule has 0 radical (unpaired) electrons. The van der Waals surface area contributed by atoms with Gasteiger partial charge in [-0.25, -0.2) is 0 Å². The average Bonchev–Trinajstić information content (AvgIpc) is 2.78. The second-order valence-electron chi connectivity index (χ2n) is 7.65. The Hall–Kier alpha value is -1.72. The number of aryl methyl sites for hydroxylation is 1. The fourth-order valence-electron chi connectivity index (χ4n) is 3.30. The van der Waals surface area contributed by atoms with Crippen LogP contribution in [0.5, 0.6) is 11.5 Å². The summed E-state index contributed by atoms with van der Waals surface area (Å²) < 4.78 is 12.9. The molecule has 0 fully saturated rings. The maximum atomic E-state index is 6.28. The first kappa shape index (κ1) is 24.9. The molecule has 3 rings (SSSR count). The van der Waals surface area contributed by atoms with Crippen molar-refractivity contribution in [1.29, 1.82) is 0 Å². The average molecular weight is 537 g/mol. The summed E-state index contributed by atoms with van der Waals surface area (Å²) in [6, 6.07) is 20.3. The van der Waals surface area contributed by atoms with Crippen molar-refractivity contribution >= 4 is 39.1 Å². The molecule has 1 atom stereocenters. The van der Waals surface area contributed by atoms with E-state index in [-0.39, 0.29) is 0 Å². The quantitative estimate of drug-likeness (QED) is 0.270. The third-order valence-electron chi connectivity index (χ3n) is 5.16. The van der Waals surface area contributed by atoms with Crippen molar-refractivity contribution in [3.05, 3.63) is 91.9 Å². The molecule has 0 heterocycles. The van der Waals surface area contributed by atoms with Crippen LogP contribution < -0.4 is 14.8 Å². The first-order valence-electron chi connectivity index (χ1n) is 10.8. The van der Waals surface area contributed by atoms with Gasteiger partial charge in [0.1, 0.15) is 6.61 Å². The van der Waals surface area contributed by atoms with Crippen LogP contribution in [0, 0.1) is 0 Å². The van der Waals surface area contributed by atoms with Crippen LogP contribution >= 0.6 is 39.1 Å². The summed E-state index contributed by atoms with van der Waals surface area (Å²) in [5.41, 5.74) is 3.35. The molecule has 0 saturated carbocycles.